The van der Waals surface area contributed by atoms with Gasteiger partial charge in [-0.3, -0.25) is 9.59 Å². The topological polar surface area (TPSA) is 94.7 Å². The molecule has 2 aromatic heterocycles. The highest BCUT2D eigenvalue weighted by molar-refractivity contribution is 5.95. The highest BCUT2D eigenvalue weighted by Crippen LogP contribution is 2.15. The van der Waals surface area contributed by atoms with E-state index in [2.05, 4.69) is 20.5 Å². The van der Waals surface area contributed by atoms with Gasteiger partial charge in [-0.15, -0.1) is 0 Å². The number of carbonyl (C=O) groups excluding carboxylic acids is 1. The summed E-state index contributed by atoms with van der Waals surface area (Å²) >= 11 is 0. The van der Waals surface area contributed by atoms with Crippen molar-refractivity contribution < 1.29 is 4.79 Å². The van der Waals surface area contributed by atoms with Crippen molar-refractivity contribution in [3.05, 3.63) is 82.8 Å². The molecule has 2 aromatic carbocycles. The molecule has 140 valence electrons. The molecule has 0 unspecified atom stereocenters. The predicted molar refractivity (Wildman–Crippen MR) is 105 cm³/mol. The summed E-state index contributed by atoms with van der Waals surface area (Å²) in [4.78, 5) is 28.6. The second kappa shape index (κ2) is 7.43. The Bertz CT molecular complexity index is 1180. The van der Waals surface area contributed by atoms with E-state index in [1.165, 1.54) is 11.0 Å². The second-order valence-electron chi connectivity index (χ2n) is 6.44. The average Bonchev–Trinajstić information content (AvgIpc) is 3.20. The highest BCUT2D eigenvalue weighted by atomic mass is 16.1. The molecule has 0 bridgehead atoms. The van der Waals surface area contributed by atoms with Crippen molar-refractivity contribution in [2.45, 2.75) is 13.0 Å². The van der Waals surface area contributed by atoms with Gasteiger partial charge in [-0.1, -0.05) is 30.3 Å². The Hall–Kier alpha value is -3.81. The lowest BCUT2D eigenvalue weighted by Gasteiger charge is -2.09. The molecule has 4 rings (SSSR count). The zero-order valence-electron chi connectivity index (χ0n) is 15.2. The van der Waals surface area contributed by atoms with Gasteiger partial charge in [-0.25, -0.2) is 14.3 Å². The minimum Gasteiger partial charge on any atom is -0.326 e. The number of amides is 1. The first-order chi connectivity index (χ1) is 13.6. The third kappa shape index (κ3) is 3.66. The molecule has 0 aliphatic heterocycles. The zero-order chi connectivity index (χ0) is 19.5. The lowest BCUT2D eigenvalue weighted by Crippen LogP contribution is -2.24. The summed E-state index contributed by atoms with van der Waals surface area (Å²) in [6, 6.07) is 14.7. The maximum atomic E-state index is 12.5. The first-order valence-corrected chi connectivity index (χ1v) is 8.76. The highest BCUT2D eigenvalue weighted by Gasteiger charge is 2.12. The molecule has 1 amide bonds. The normalized spacial score (nSPS) is 10.9. The Kier molecular flexibility index (Phi) is 4.67. The van der Waals surface area contributed by atoms with Crippen LogP contribution in [-0.2, 0) is 24.8 Å². The fourth-order valence-electron chi connectivity index (χ4n) is 3.06. The predicted octanol–water partition coefficient (Wildman–Crippen LogP) is 1.75. The van der Waals surface area contributed by atoms with E-state index in [0.29, 0.717) is 28.7 Å². The van der Waals surface area contributed by atoms with Gasteiger partial charge in [0.1, 0.15) is 12.7 Å². The van der Waals surface area contributed by atoms with Crippen LogP contribution in [0.3, 0.4) is 0 Å². The number of nitrogens with zero attached hydrogens (tertiary/aromatic N) is 5. The molecular weight excluding hydrogens is 356 g/mol. The van der Waals surface area contributed by atoms with Gasteiger partial charge in [0.25, 0.3) is 5.56 Å². The Morgan fingerprint density at radius 2 is 1.82 bits per heavy atom. The molecule has 4 aromatic rings. The van der Waals surface area contributed by atoms with E-state index in [4.69, 9.17) is 0 Å². The SMILES string of the molecule is Cn1nc(CC(=O)Nc2ccc(Cn3cncn3)cc2)c2ccccc2c1=O. The molecule has 28 heavy (non-hydrogen) atoms. The van der Waals surface area contributed by atoms with Crippen molar-refractivity contribution in [1.29, 1.82) is 0 Å². The van der Waals surface area contributed by atoms with Crippen molar-refractivity contribution in [3.8, 4) is 0 Å². The van der Waals surface area contributed by atoms with Crippen LogP contribution in [0.15, 0.2) is 66.0 Å². The number of carbonyl (C=O) groups is 1. The maximum absolute atomic E-state index is 12.5. The fourth-order valence-corrected chi connectivity index (χ4v) is 3.06. The van der Waals surface area contributed by atoms with Crippen molar-refractivity contribution >= 4 is 22.4 Å². The monoisotopic (exact) mass is 374 g/mol. The van der Waals surface area contributed by atoms with E-state index >= 15 is 0 Å². The van der Waals surface area contributed by atoms with E-state index in [1.807, 2.05) is 36.4 Å². The van der Waals surface area contributed by atoms with Gasteiger partial charge in [0.2, 0.25) is 5.91 Å². The average molecular weight is 374 g/mol. The molecule has 8 heteroatoms. The molecule has 0 saturated heterocycles. The van der Waals surface area contributed by atoms with Gasteiger partial charge in [0.15, 0.2) is 0 Å². The minimum atomic E-state index is -0.194. The molecule has 2 heterocycles. The van der Waals surface area contributed by atoms with Crippen molar-refractivity contribution in [1.82, 2.24) is 24.5 Å². The number of hydrogen-bond acceptors (Lipinski definition) is 5. The quantitative estimate of drug-likeness (QED) is 0.574. The molecular formula is C20H18N6O2. The molecule has 0 aliphatic rings. The second-order valence-corrected chi connectivity index (χ2v) is 6.44. The number of aromatic nitrogens is 5. The van der Waals surface area contributed by atoms with E-state index in [-0.39, 0.29) is 17.9 Å². The van der Waals surface area contributed by atoms with Gasteiger partial charge < -0.3 is 5.32 Å². The molecule has 0 radical (unpaired) electrons. The third-order valence-electron chi connectivity index (χ3n) is 4.41. The lowest BCUT2D eigenvalue weighted by atomic mass is 10.1. The number of hydrogen-bond donors (Lipinski definition) is 1. The Labute approximate surface area is 160 Å². The van der Waals surface area contributed by atoms with Crippen LogP contribution in [0.25, 0.3) is 10.8 Å². The smallest absolute Gasteiger partial charge is 0.274 e. The number of nitrogens with one attached hydrogen (secondary N) is 1. The van der Waals surface area contributed by atoms with Gasteiger partial charge in [0, 0.05) is 18.1 Å². The number of anilines is 1. The number of benzene rings is 2. The minimum absolute atomic E-state index is 0.0787. The first-order valence-electron chi connectivity index (χ1n) is 8.76. The summed E-state index contributed by atoms with van der Waals surface area (Å²) in [7, 11) is 1.59. The summed E-state index contributed by atoms with van der Waals surface area (Å²) < 4.78 is 2.99. The fraction of sp³-hybridized carbons (Fsp3) is 0.150. The van der Waals surface area contributed by atoms with Crippen LogP contribution < -0.4 is 10.9 Å². The van der Waals surface area contributed by atoms with Crippen LogP contribution in [0.1, 0.15) is 11.3 Å². The summed E-state index contributed by atoms with van der Waals surface area (Å²) in [6.07, 6.45) is 3.22. The van der Waals surface area contributed by atoms with Crippen LogP contribution in [0.2, 0.25) is 0 Å². The maximum Gasteiger partial charge on any atom is 0.274 e. The third-order valence-corrected chi connectivity index (χ3v) is 4.41. The van der Waals surface area contributed by atoms with Gasteiger partial charge >= 0.3 is 0 Å². The largest absolute Gasteiger partial charge is 0.326 e. The molecule has 0 aliphatic carbocycles. The van der Waals surface area contributed by atoms with Crippen LogP contribution in [0.5, 0.6) is 0 Å². The zero-order valence-corrected chi connectivity index (χ0v) is 15.2. The van der Waals surface area contributed by atoms with Crippen LogP contribution in [-0.4, -0.2) is 30.5 Å². The Balaban J connectivity index is 1.48. The van der Waals surface area contributed by atoms with Crippen LogP contribution >= 0.6 is 0 Å². The summed E-state index contributed by atoms with van der Waals surface area (Å²) in [5.41, 5.74) is 2.14. The van der Waals surface area contributed by atoms with Crippen molar-refractivity contribution in [2.75, 3.05) is 5.32 Å². The van der Waals surface area contributed by atoms with Crippen LogP contribution in [0, 0.1) is 0 Å². The standard InChI is InChI=1S/C20H18N6O2/c1-25-20(28)17-5-3-2-4-16(17)18(24-25)10-19(27)23-15-8-6-14(7-9-15)11-26-13-21-12-22-26/h2-9,12-13H,10-11H2,1H3,(H,23,27). The van der Waals surface area contributed by atoms with Gasteiger partial charge in [-0.2, -0.15) is 10.2 Å². The van der Waals surface area contributed by atoms with Crippen LogP contribution in [0.4, 0.5) is 5.69 Å². The van der Waals surface area contributed by atoms with E-state index in [9.17, 15) is 9.59 Å². The number of fused-ring (bicyclic) bond motifs is 1. The Morgan fingerprint density at radius 3 is 2.54 bits per heavy atom. The lowest BCUT2D eigenvalue weighted by molar-refractivity contribution is -0.115. The molecule has 8 nitrogen and oxygen atoms in total. The van der Waals surface area contributed by atoms with E-state index in [1.54, 1.807) is 30.2 Å². The van der Waals surface area contributed by atoms with Gasteiger partial charge in [0.05, 0.1) is 24.0 Å². The van der Waals surface area contributed by atoms with Gasteiger partial charge in [-0.05, 0) is 23.8 Å². The molecule has 1 N–H and O–H groups in total. The summed E-state index contributed by atoms with van der Waals surface area (Å²) in [6.45, 7) is 0.613. The summed E-state index contributed by atoms with van der Waals surface area (Å²) in [5.74, 6) is -0.194. The Morgan fingerprint density at radius 1 is 1.07 bits per heavy atom. The van der Waals surface area contributed by atoms with Crippen molar-refractivity contribution in [3.63, 3.8) is 0 Å². The number of rotatable bonds is 5. The van der Waals surface area contributed by atoms with Crippen molar-refractivity contribution in [2.24, 2.45) is 7.05 Å². The summed E-state index contributed by atoms with van der Waals surface area (Å²) in [5, 5.41) is 12.5. The molecule has 0 fully saturated rings. The first kappa shape index (κ1) is 17.6. The number of aryl methyl sites for hydroxylation is 1. The van der Waals surface area contributed by atoms with E-state index in [0.717, 1.165) is 5.56 Å². The van der Waals surface area contributed by atoms with E-state index < -0.39 is 0 Å². The molecule has 0 spiro atoms. The molecule has 0 saturated carbocycles. The molecule has 0 atom stereocenters.